The lowest BCUT2D eigenvalue weighted by molar-refractivity contribution is -0.121. The molecule has 0 unspecified atom stereocenters. The first-order valence-corrected chi connectivity index (χ1v) is 8.59. The molecule has 5 heteroatoms. The normalized spacial score (nSPS) is 15.8. The van der Waals surface area contributed by atoms with Crippen LogP contribution in [0.4, 0.5) is 0 Å². The summed E-state index contributed by atoms with van der Waals surface area (Å²) in [5.41, 5.74) is 0.891. The van der Waals surface area contributed by atoms with E-state index in [1.54, 1.807) is 11.0 Å². The Kier molecular flexibility index (Phi) is 5.13. The summed E-state index contributed by atoms with van der Waals surface area (Å²) in [4.78, 5) is 14.5. The van der Waals surface area contributed by atoms with Gasteiger partial charge in [0.2, 0.25) is 0 Å². The fourth-order valence-corrected chi connectivity index (χ4v) is 3.51. The van der Waals surface area contributed by atoms with E-state index in [0.717, 1.165) is 17.1 Å². The number of carbonyl (C=O) groups excluding carboxylic acids is 1. The van der Waals surface area contributed by atoms with E-state index in [0.29, 0.717) is 15.8 Å². The molecule has 24 heavy (non-hydrogen) atoms. The van der Waals surface area contributed by atoms with E-state index in [1.807, 2.05) is 60.7 Å². The third-order valence-corrected chi connectivity index (χ3v) is 4.70. The van der Waals surface area contributed by atoms with Gasteiger partial charge in [-0.2, -0.15) is 0 Å². The Bertz CT molecular complexity index is 815. The van der Waals surface area contributed by atoms with Crippen molar-refractivity contribution in [2.24, 2.45) is 0 Å². The number of amides is 1. The van der Waals surface area contributed by atoms with E-state index in [9.17, 15) is 4.79 Å². The summed E-state index contributed by atoms with van der Waals surface area (Å²) >= 11 is 6.55. The van der Waals surface area contributed by atoms with Gasteiger partial charge >= 0.3 is 0 Å². The van der Waals surface area contributed by atoms with E-state index in [4.69, 9.17) is 17.0 Å². The summed E-state index contributed by atoms with van der Waals surface area (Å²) in [6, 6.07) is 17.2. The minimum Gasteiger partial charge on any atom is -0.457 e. The molecule has 2 aromatic carbocycles. The van der Waals surface area contributed by atoms with Crippen LogP contribution in [-0.2, 0) is 4.79 Å². The number of carbonyl (C=O) groups is 1. The number of thiocarbonyl (C=S) groups is 1. The predicted molar refractivity (Wildman–Crippen MR) is 103 cm³/mol. The smallest absolute Gasteiger partial charge is 0.266 e. The zero-order valence-corrected chi connectivity index (χ0v) is 14.5. The Morgan fingerprint density at radius 2 is 1.88 bits per heavy atom. The molecule has 1 saturated heterocycles. The molecule has 1 aliphatic rings. The van der Waals surface area contributed by atoms with Crippen LogP contribution in [0.25, 0.3) is 6.08 Å². The van der Waals surface area contributed by atoms with Crippen molar-refractivity contribution in [1.29, 1.82) is 0 Å². The Balaban J connectivity index is 1.81. The van der Waals surface area contributed by atoms with Crippen LogP contribution < -0.4 is 4.74 Å². The predicted octanol–water partition coefficient (Wildman–Crippen LogP) is 4.87. The quantitative estimate of drug-likeness (QED) is 0.436. The van der Waals surface area contributed by atoms with Crippen LogP contribution in [0.1, 0.15) is 5.56 Å². The molecule has 1 fully saturated rings. The topological polar surface area (TPSA) is 29.5 Å². The highest BCUT2D eigenvalue weighted by atomic mass is 32.2. The molecule has 0 aliphatic carbocycles. The first-order valence-electron chi connectivity index (χ1n) is 7.36. The second-order valence-corrected chi connectivity index (χ2v) is 6.74. The highest BCUT2D eigenvalue weighted by Crippen LogP contribution is 2.33. The van der Waals surface area contributed by atoms with Crippen LogP contribution in [0.5, 0.6) is 11.5 Å². The maximum absolute atomic E-state index is 12.4. The maximum Gasteiger partial charge on any atom is 0.266 e. The van der Waals surface area contributed by atoms with Gasteiger partial charge in [0.1, 0.15) is 15.8 Å². The van der Waals surface area contributed by atoms with Crippen molar-refractivity contribution in [1.82, 2.24) is 4.90 Å². The zero-order valence-electron chi connectivity index (χ0n) is 12.8. The van der Waals surface area contributed by atoms with E-state index in [1.165, 1.54) is 11.8 Å². The summed E-state index contributed by atoms with van der Waals surface area (Å²) in [5.74, 6) is 1.41. The van der Waals surface area contributed by atoms with Crippen LogP contribution in [0, 0.1) is 0 Å². The Morgan fingerprint density at radius 1 is 1.12 bits per heavy atom. The third kappa shape index (κ3) is 3.75. The van der Waals surface area contributed by atoms with Crippen molar-refractivity contribution in [2.45, 2.75) is 0 Å². The van der Waals surface area contributed by atoms with Crippen LogP contribution in [0.3, 0.4) is 0 Å². The van der Waals surface area contributed by atoms with Gasteiger partial charge in [-0.05, 0) is 35.9 Å². The molecule has 3 nitrogen and oxygen atoms in total. The van der Waals surface area contributed by atoms with E-state index < -0.39 is 0 Å². The fraction of sp³-hybridized carbons (Fsp3) is 0.0526. The van der Waals surface area contributed by atoms with Gasteiger partial charge in [-0.25, -0.2) is 0 Å². The molecular formula is C19H15NO2S2. The van der Waals surface area contributed by atoms with Crippen LogP contribution in [0.2, 0.25) is 0 Å². The van der Waals surface area contributed by atoms with Crippen molar-refractivity contribution in [2.75, 3.05) is 6.54 Å². The Labute approximate surface area is 150 Å². The van der Waals surface area contributed by atoms with Crippen molar-refractivity contribution in [3.63, 3.8) is 0 Å². The fourth-order valence-electron chi connectivity index (χ4n) is 2.23. The molecule has 1 amide bonds. The standard InChI is InChI=1S/C19H15NO2S2/c1-2-11-20-18(21)17(24-19(20)23)13-14-7-6-10-16(12-14)22-15-8-4-3-5-9-15/h2-10,12-13H,1,11H2/b17-13+. The summed E-state index contributed by atoms with van der Waals surface area (Å²) < 4.78 is 6.38. The van der Waals surface area contributed by atoms with Crippen molar-refractivity contribution in [3.8, 4) is 11.5 Å². The van der Waals surface area contributed by atoms with Crippen molar-refractivity contribution >= 4 is 40.3 Å². The molecular weight excluding hydrogens is 338 g/mol. The lowest BCUT2D eigenvalue weighted by atomic mass is 10.2. The van der Waals surface area contributed by atoms with Gasteiger partial charge in [0.25, 0.3) is 5.91 Å². The van der Waals surface area contributed by atoms with E-state index >= 15 is 0 Å². The van der Waals surface area contributed by atoms with Gasteiger partial charge < -0.3 is 4.74 Å². The molecule has 3 rings (SSSR count). The average molecular weight is 353 g/mol. The molecule has 2 aromatic rings. The van der Waals surface area contributed by atoms with E-state index in [2.05, 4.69) is 6.58 Å². The van der Waals surface area contributed by atoms with Crippen molar-refractivity contribution < 1.29 is 9.53 Å². The second kappa shape index (κ2) is 7.47. The van der Waals surface area contributed by atoms with Gasteiger partial charge in [-0.15, -0.1) is 6.58 Å². The Hall–Kier alpha value is -2.37. The first kappa shape index (κ1) is 16.5. The van der Waals surface area contributed by atoms with Gasteiger partial charge in [-0.1, -0.05) is 60.4 Å². The number of benzene rings is 2. The summed E-state index contributed by atoms with van der Waals surface area (Å²) in [6.07, 6.45) is 3.50. The minimum atomic E-state index is -0.0840. The number of nitrogens with zero attached hydrogens (tertiary/aromatic N) is 1. The van der Waals surface area contributed by atoms with Gasteiger partial charge in [0, 0.05) is 6.54 Å². The molecule has 0 N–H and O–H groups in total. The second-order valence-electron chi connectivity index (χ2n) is 5.07. The Morgan fingerprint density at radius 3 is 2.62 bits per heavy atom. The minimum absolute atomic E-state index is 0.0840. The number of thioether (sulfide) groups is 1. The average Bonchev–Trinajstić information content (AvgIpc) is 2.84. The highest BCUT2D eigenvalue weighted by Gasteiger charge is 2.30. The van der Waals surface area contributed by atoms with Gasteiger partial charge in [0.05, 0.1) is 4.91 Å². The van der Waals surface area contributed by atoms with E-state index in [-0.39, 0.29) is 5.91 Å². The molecule has 1 heterocycles. The first-order chi connectivity index (χ1) is 11.7. The molecule has 120 valence electrons. The molecule has 0 saturated carbocycles. The molecule has 0 bridgehead atoms. The SMILES string of the molecule is C=CCN1C(=O)/C(=C\c2cccc(Oc3ccccc3)c2)SC1=S. The van der Waals surface area contributed by atoms with Crippen LogP contribution in [0.15, 0.2) is 72.2 Å². The lowest BCUT2D eigenvalue weighted by Gasteiger charge is -2.10. The number of ether oxygens (including phenoxy) is 1. The number of rotatable bonds is 5. The molecule has 0 aromatic heterocycles. The zero-order chi connectivity index (χ0) is 16.9. The van der Waals surface area contributed by atoms with Gasteiger partial charge in [-0.3, -0.25) is 9.69 Å². The summed E-state index contributed by atoms with van der Waals surface area (Å²) in [7, 11) is 0. The largest absolute Gasteiger partial charge is 0.457 e. The van der Waals surface area contributed by atoms with Gasteiger partial charge in [0.15, 0.2) is 0 Å². The monoisotopic (exact) mass is 353 g/mol. The number of hydrogen-bond donors (Lipinski definition) is 0. The summed E-state index contributed by atoms with van der Waals surface area (Å²) in [5, 5.41) is 0. The van der Waals surface area contributed by atoms with Crippen LogP contribution >= 0.6 is 24.0 Å². The van der Waals surface area contributed by atoms with Crippen molar-refractivity contribution in [3.05, 3.63) is 77.7 Å². The molecule has 1 aliphatic heterocycles. The number of para-hydroxylation sites is 1. The lowest BCUT2D eigenvalue weighted by Crippen LogP contribution is -2.27. The maximum atomic E-state index is 12.4. The highest BCUT2D eigenvalue weighted by molar-refractivity contribution is 8.26. The molecule has 0 spiro atoms. The third-order valence-electron chi connectivity index (χ3n) is 3.32. The number of hydrogen-bond acceptors (Lipinski definition) is 4. The molecule has 0 radical (unpaired) electrons. The van der Waals surface area contributed by atoms with Crippen LogP contribution in [-0.4, -0.2) is 21.7 Å². The molecule has 0 atom stereocenters. The summed E-state index contributed by atoms with van der Waals surface area (Å²) in [6.45, 7) is 4.08.